The summed E-state index contributed by atoms with van der Waals surface area (Å²) in [6.45, 7) is 11.8. The summed E-state index contributed by atoms with van der Waals surface area (Å²) in [6, 6.07) is 0. The summed E-state index contributed by atoms with van der Waals surface area (Å²) >= 11 is 0. The Labute approximate surface area is 90.1 Å². The van der Waals surface area contributed by atoms with E-state index >= 15 is 0 Å². The molecule has 0 heterocycles. The molecule has 1 N–H and O–H groups in total. The van der Waals surface area contributed by atoms with Crippen LogP contribution in [0.1, 0.15) is 40.0 Å². The largest absolute Gasteiger partial charge is 0.320 e. The molecule has 0 fully saturated rings. The summed E-state index contributed by atoms with van der Waals surface area (Å²) in [7, 11) is 2.03. The maximum absolute atomic E-state index is 3.20. The average Bonchev–Trinajstić information content (AvgIpc) is 2.17. The maximum Gasteiger partial charge on any atom is 0.000691 e. The minimum Gasteiger partial charge on any atom is -0.320 e. The van der Waals surface area contributed by atoms with Crippen molar-refractivity contribution >= 4 is 0 Å². The van der Waals surface area contributed by atoms with Gasteiger partial charge in [-0.15, -0.1) is 0 Å². The molecule has 86 valence electrons. The molecule has 0 aliphatic carbocycles. The molecule has 0 aromatic rings. The molecule has 2 heteroatoms. The standard InChI is InChI=1S/C12H28N2/c1-5-10-14(6-2)11-12(3)8-7-9-13-4/h12-13H,5-11H2,1-4H3. The Hall–Kier alpha value is -0.0800. The SMILES string of the molecule is CCCN(CC)CC(C)CCCNC. The van der Waals surface area contributed by atoms with Crippen LogP contribution in [0.25, 0.3) is 0 Å². The molecule has 0 aromatic carbocycles. The van der Waals surface area contributed by atoms with Crippen LogP contribution in [0.15, 0.2) is 0 Å². The zero-order valence-electron chi connectivity index (χ0n) is 10.5. The third-order valence-corrected chi connectivity index (χ3v) is 2.68. The monoisotopic (exact) mass is 200 g/mol. The summed E-state index contributed by atoms with van der Waals surface area (Å²) in [5, 5.41) is 3.20. The van der Waals surface area contributed by atoms with Gasteiger partial charge in [-0.3, -0.25) is 0 Å². The molecule has 2 nitrogen and oxygen atoms in total. The molecule has 0 aliphatic heterocycles. The Morgan fingerprint density at radius 2 is 2.00 bits per heavy atom. The molecule has 0 bridgehead atoms. The molecular formula is C12H28N2. The highest BCUT2D eigenvalue weighted by Crippen LogP contribution is 2.07. The zero-order chi connectivity index (χ0) is 10.8. The lowest BCUT2D eigenvalue weighted by Crippen LogP contribution is -2.29. The van der Waals surface area contributed by atoms with Crippen molar-refractivity contribution in [1.29, 1.82) is 0 Å². The Kier molecular flexibility index (Phi) is 9.42. The van der Waals surface area contributed by atoms with Crippen LogP contribution in [0.5, 0.6) is 0 Å². The first-order valence-electron chi connectivity index (χ1n) is 6.11. The van der Waals surface area contributed by atoms with Crippen molar-refractivity contribution in [1.82, 2.24) is 10.2 Å². The number of hydrogen-bond donors (Lipinski definition) is 1. The summed E-state index contributed by atoms with van der Waals surface area (Å²) in [6.07, 6.45) is 3.93. The normalized spacial score (nSPS) is 13.5. The summed E-state index contributed by atoms with van der Waals surface area (Å²) in [4.78, 5) is 2.56. The van der Waals surface area contributed by atoms with E-state index in [1.165, 1.54) is 38.9 Å². The van der Waals surface area contributed by atoms with Gasteiger partial charge in [-0.05, 0) is 51.9 Å². The van der Waals surface area contributed by atoms with Gasteiger partial charge in [0.25, 0.3) is 0 Å². The van der Waals surface area contributed by atoms with Crippen molar-refractivity contribution < 1.29 is 0 Å². The third-order valence-electron chi connectivity index (χ3n) is 2.68. The van der Waals surface area contributed by atoms with Crippen molar-refractivity contribution in [3.05, 3.63) is 0 Å². The smallest absolute Gasteiger partial charge is 0.000691 e. The van der Waals surface area contributed by atoms with E-state index in [0.29, 0.717) is 0 Å². The van der Waals surface area contributed by atoms with E-state index in [1.54, 1.807) is 0 Å². The number of nitrogens with one attached hydrogen (secondary N) is 1. The Bertz CT molecular complexity index is 115. The second-order valence-corrected chi connectivity index (χ2v) is 4.24. The van der Waals surface area contributed by atoms with Crippen LogP contribution >= 0.6 is 0 Å². The highest BCUT2D eigenvalue weighted by Gasteiger charge is 2.07. The van der Waals surface area contributed by atoms with Crippen LogP contribution in [0, 0.1) is 5.92 Å². The van der Waals surface area contributed by atoms with Gasteiger partial charge in [0.1, 0.15) is 0 Å². The summed E-state index contributed by atoms with van der Waals surface area (Å²) < 4.78 is 0. The highest BCUT2D eigenvalue weighted by molar-refractivity contribution is 4.61. The van der Waals surface area contributed by atoms with Gasteiger partial charge in [0.2, 0.25) is 0 Å². The van der Waals surface area contributed by atoms with Gasteiger partial charge in [-0.2, -0.15) is 0 Å². The molecule has 0 spiro atoms. The van der Waals surface area contributed by atoms with Crippen LogP contribution in [0.4, 0.5) is 0 Å². The average molecular weight is 200 g/mol. The van der Waals surface area contributed by atoms with E-state index in [1.807, 2.05) is 7.05 Å². The molecule has 0 aromatic heterocycles. The van der Waals surface area contributed by atoms with Crippen LogP contribution in [-0.2, 0) is 0 Å². The number of nitrogens with zero attached hydrogens (tertiary/aromatic N) is 1. The Morgan fingerprint density at radius 3 is 2.50 bits per heavy atom. The number of hydrogen-bond acceptors (Lipinski definition) is 2. The topological polar surface area (TPSA) is 15.3 Å². The van der Waals surface area contributed by atoms with E-state index < -0.39 is 0 Å². The lowest BCUT2D eigenvalue weighted by molar-refractivity contribution is 0.241. The first kappa shape index (κ1) is 13.9. The lowest BCUT2D eigenvalue weighted by Gasteiger charge is -2.23. The van der Waals surface area contributed by atoms with Crippen LogP contribution in [0.2, 0.25) is 0 Å². The minimum atomic E-state index is 0.842. The van der Waals surface area contributed by atoms with E-state index in [-0.39, 0.29) is 0 Å². The molecule has 1 atom stereocenters. The molecular weight excluding hydrogens is 172 g/mol. The van der Waals surface area contributed by atoms with Crippen molar-refractivity contribution in [2.75, 3.05) is 33.2 Å². The van der Waals surface area contributed by atoms with E-state index in [2.05, 4.69) is 31.0 Å². The first-order valence-corrected chi connectivity index (χ1v) is 6.11. The highest BCUT2D eigenvalue weighted by atomic mass is 15.1. The lowest BCUT2D eigenvalue weighted by atomic mass is 10.0. The summed E-state index contributed by atoms with van der Waals surface area (Å²) in [5.74, 6) is 0.842. The fourth-order valence-electron chi connectivity index (χ4n) is 1.85. The van der Waals surface area contributed by atoms with Gasteiger partial charge in [-0.1, -0.05) is 20.8 Å². The van der Waals surface area contributed by atoms with Gasteiger partial charge in [-0.25, -0.2) is 0 Å². The van der Waals surface area contributed by atoms with Crippen molar-refractivity contribution in [2.24, 2.45) is 5.92 Å². The van der Waals surface area contributed by atoms with Crippen LogP contribution in [0.3, 0.4) is 0 Å². The van der Waals surface area contributed by atoms with E-state index in [9.17, 15) is 0 Å². The predicted molar refractivity (Wildman–Crippen MR) is 64.7 cm³/mol. The zero-order valence-corrected chi connectivity index (χ0v) is 10.5. The van der Waals surface area contributed by atoms with Crippen LogP contribution in [-0.4, -0.2) is 38.1 Å². The van der Waals surface area contributed by atoms with Gasteiger partial charge >= 0.3 is 0 Å². The molecule has 0 radical (unpaired) electrons. The van der Waals surface area contributed by atoms with Gasteiger partial charge in [0.05, 0.1) is 0 Å². The minimum absolute atomic E-state index is 0.842. The third kappa shape index (κ3) is 7.34. The molecule has 0 rings (SSSR count). The van der Waals surface area contributed by atoms with Crippen molar-refractivity contribution in [3.8, 4) is 0 Å². The van der Waals surface area contributed by atoms with Gasteiger partial charge in [0.15, 0.2) is 0 Å². The quantitative estimate of drug-likeness (QED) is 0.575. The molecule has 14 heavy (non-hydrogen) atoms. The van der Waals surface area contributed by atoms with Crippen LogP contribution < -0.4 is 5.32 Å². The first-order chi connectivity index (χ1) is 6.74. The Balaban J connectivity index is 3.51. The molecule has 0 saturated carbocycles. The molecule has 0 amide bonds. The molecule has 0 saturated heterocycles. The van der Waals surface area contributed by atoms with Crippen molar-refractivity contribution in [3.63, 3.8) is 0 Å². The maximum atomic E-state index is 3.20. The summed E-state index contributed by atoms with van der Waals surface area (Å²) in [5.41, 5.74) is 0. The van der Waals surface area contributed by atoms with Gasteiger partial charge < -0.3 is 10.2 Å². The second kappa shape index (κ2) is 9.47. The molecule has 0 aliphatic rings. The predicted octanol–water partition coefficient (Wildman–Crippen LogP) is 2.35. The molecule has 1 unspecified atom stereocenters. The second-order valence-electron chi connectivity index (χ2n) is 4.24. The number of rotatable bonds is 9. The van der Waals surface area contributed by atoms with Crippen molar-refractivity contribution in [2.45, 2.75) is 40.0 Å². The van der Waals surface area contributed by atoms with Gasteiger partial charge in [0, 0.05) is 6.54 Å². The fourth-order valence-corrected chi connectivity index (χ4v) is 1.85. The van der Waals surface area contributed by atoms with E-state index in [0.717, 1.165) is 12.5 Å². The van der Waals surface area contributed by atoms with E-state index in [4.69, 9.17) is 0 Å². The fraction of sp³-hybridized carbons (Fsp3) is 1.00. The Morgan fingerprint density at radius 1 is 1.29 bits per heavy atom.